The zero-order valence-electron chi connectivity index (χ0n) is 11.4. The number of halogens is 1. The second kappa shape index (κ2) is 7.20. The third-order valence-corrected chi connectivity index (χ3v) is 3.70. The molecule has 0 unspecified atom stereocenters. The van der Waals surface area contributed by atoms with Crippen LogP contribution < -0.4 is 5.32 Å². The standard InChI is InChI=1S/C16H17BrN2O/c1-2-3-4-12-5-6-15(14(17)11-12)19-16(20)13-7-9-18-10-8-13/h5-11H,2-4H2,1H3,(H,19,20). The van der Waals surface area contributed by atoms with Gasteiger partial charge in [-0.05, 0) is 58.6 Å². The van der Waals surface area contributed by atoms with Crippen molar-refractivity contribution in [2.24, 2.45) is 0 Å². The lowest BCUT2D eigenvalue weighted by atomic mass is 10.1. The number of anilines is 1. The summed E-state index contributed by atoms with van der Waals surface area (Å²) in [5.74, 6) is -0.130. The van der Waals surface area contributed by atoms with Gasteiger partial charge in [0.2, 0.25) is 0 Å². The highest BCUT2D eigenvalue weighted by atomic mass is 79.9. The summed E-state index contributed by atoms with van der Waals surface area (Å²) >= 11 is 3.51. The summed E-state index contributed by atoms with van der Waals surface area (Å²) in [6.07, 6.45) is 6.64. The number of benzene rings is 1. The molecule has 0 saturated carbocycles. The number of hydrogen-bond donors (Lipinski definition) is 1. The van der Waals surface area contributed by atoms with Crippen LogP contribution in [0.1, 0.15) is 35.7 Å². The molecule has 0 fully saturated rings. The zero-order valence-corrected chi connectivity index (χ0v) is 13.0. The Balaban J connectivity index is 2.08. The number of nitrogens with one attached hydrogen (secondary N) is 1. The second-order valence-electron chi connectivity index (χ2n) is 4.61. The zero-order chi connectivity index (χ0) is 14.4. The van der Waals surface area contributed by atoms with Gasteiger partial charge in [-0.1, -0.05) is 19.4 Å². The molecule has 3 nitrogen and oxygen atoms in total. The molecule has 4 heteroatoms. The number of unbranched alkanes of at least 4 members (excludes halogenated alkanes) is 1. The van der Waals surface area contributed by atoms with Crippen LogP contribution in [-0.2, 0) is 6.42 Å². The molecule has 0 radical (unpaired) electrons. The van der Waals surface area contributed by atoms with Gasteiger partial charge in [0.15, 0.2) is 0 Å². The average molecular weight is 333 g/mol. The van der Waals surface area contributed by atoms with Crippen LogP contribution in [-0.4, -0.2) is 10.9 Å². The fraction of sp³-hybridized carbons (Fsp3) is 0.250. The Labute approximate surface area is 127 Å². The predicted molar refractivity (Wildman–Crippen MR) is 84.9 cm³/mol. The molecular weight excluding hydrogens is 316 g/mol. The van der Waals surface area contributed by atoms with Gasteiger partial charge in [-0.3, -0.25) is 9.78 Å². The molecule has 2 aromatic rings. The predicted octanol–water partition coefficient (Wildman–Crippen LogP) is 4.44. The molecule has 0 aliphatic heterocycles. The number of aromatic nitrogens is 1. The molecule has 20 heavy (non-hydrogen) atoms. The number of carbonyl (C=O) groups is 1. The number of nitrogens with zero attached hydrogens (tertiary/aromatic N) is 1. The van der Waals surface area contributed by atoms with Crippen LogP contribution in [0.15, 0.2) is 47.2 Å². The van der Waals surface area contributed by atoms with E-state index in [4.69, 9.17) is 0 Å². The Bertz CT molecular complexity index is 584. The van der Waals surface area contributed by atoms with Crippen molar-refractivity contribution >= 4 is 27.5 Å². The minimum absolute atomic E-state index is 0.130. The lowest BCUT2D eigenvalue weighted by molar-refractivity contribution is 0.102. The molecule has 0 aliphatic carbocycles. The third kappa shape index (κ3) is 3.90. The van der Waals surface area contributed by atoms with Crippen LogP contribution in [0.2, 0.25) is 0 Å². The maximum atomic E-state index is 12.1. The van der Waals surface area contributed by atoms with E-state index < -0.39 is 0 Å². The van der Waals surface area contributed by atoms with Crippen LogP contribution in [0.3, 0.4) is 0 Å². The van der Waals surface area contributed by atoms with Crippen molar-refractivity contribution in [1.82, 2.24) is 4.98 Å². The minimum atomic E-state index is -0.130. The summed E-state index contributed by atoms with van der Waals surface area (Å²) < 4.78 is 0.911. The van der Waals surface area contributed by atoms with E-state index in [-0.39, 0.29) is 5.91 Å². The molecule has 2 rings (SSSR count). The van der Waals surface area contributed by atoms with Crippen molar-refractivity contribution in [2.75, 3.05) is 5.32 Å². The SMILES string of the molecule is CCCCc1ccc(NC(=O)c2ccncc2)c(Br)c1. The van der Waals surface area contributed by atoms with Gasteiger partial charge in [0, 0.05) is 22.4 Å². The highest BCUT2D eigenvalue weighted by molar-refractivity contribution is 9.10. The first-order chi connectivity index (χ1) is 9.70. The number of amides is 1. The van der Waals surface area contributed by atoms with Gasteiger partial charge in [0.25, 0.3) is 5.91 Å². The van der Waals surface area contributed by atoms with Gasteiger partial charge >= 0.3 is 0 Å². The number of pyridine rings is 1. The highest BCUT2D eigenvalue weighted by Crippen LogP contribution is 2.25. The lowest BCUT2D eigenvalue weighted by Crippen LogP contribution is -2.12. The highest BCUT2D eigenvalue weighted by Gasteiger charge is 2.08. The van der Waals surface area contributed by atoms with Crippen molar-refractivity contribution in [1.29, 1.82) is 0 Å². The van der Waals surface area contributed by atoms with Gasteiger partial charge in [-0.25, -0.2) is 0 Å². The van der Waals surface area contributed by atoms with Crippen LogP contribution in [0.25, 0.3) is 0 Å². The van der Waals surface area contributed by atoms with E-state index in [0.29, 0.717) is 5.56 Å². The van der Waals surface area contributed by atoms with Crippen molar-refractivity contribution in [3.8, 4) is 0 Å². The van der Waals surface area contributed by atoms with Gasteiger partial charge in [0.05, 0.1) is 5.69 Å². The number of rotatable bonds is 5. The molecule has 1 aromatic carbocycles. The molecule has 1 aromatic heterocycles. The first-order valence-corrected chi connectivity index (χ1v) is 7.50. The maximum Gasteiger partial charge on any atom is 0.255 e. The van der Waals surface area contributed by atoms with E-state index in [1.807, 2.05) is 6.07 Å². The summed E-state index contributed by atoms with van der Waals surface area (Å²) in [5, 5.41) is 2.90. The fourth-order valence-electron chi connectivity index (χ4n) is 1.89. The van der Waals surface area contributed by atoms with E-state index in [0.717, 1.165) is 16.6 Å². The van der Waals surface area contributed by atoms with Crippen LogP contribution in [0, 0.1) is 0 Å². The number of carbonyl (C=O) groups excluding carboxylic acids is 1. The smallest absolute Gasteiger partial charge is 0.255 e. The molecule has 0 bridgehead atoms. The van der Waals surface area contributed by atoms with Crippen LogP contribution in [0.5, 0.6) is 0 Å². The van der Waals surface area contributed by atoms with E-state index in [1.54, 1.807) is 24.5 Å². The topological polar surface area (TPSA) is 42.0 Å². The van der Waals surface area contributed by atoms with Crippen LogP contribution in [0.4, 0.5) is 5.69 Å². The Morgan fingerprint density at radius 1 is 1.25 bits per heavy atom. The van der Waals surface area contributed by atoms with Crippen LogP contribution >= 0.6 is 15.9 Å². The first-order valence-electron chi connectivity index (χ1n) is 6.70. The van der Waals surface area contributed by atoms with Gasteiger partial charge in [-0.15, -0.1) is 0 Å². The summed E-state index contributed by atoms with van der Waals surface area (Å²) in [6, 6.07) is 9.45. The molecule has 1 amide bonds. The molecule has 1 heterocycles. The largest absolute Gasteiger partial charge is 0.321 e. The van der Waals surface area contributed by atoms with E-state index in [1.165, 1.54) is 18.4 Å². The van der Waals surface area contributed by atoms with Gasteiger partial charge in [0.1, 0.15) is 0 Å². The fourth-order valence-corrected chi connectivity index (χ4v) is 2.42. The van der Waals surface area contributed by atoms with E-state index in [9.17, 15) is 4.79 Å². The Morgan fingerprint density at radius 3 is 2.65 bits per heavy atom. The second-order valence-corrected chi connectivity index (χ2v) is 5.46. The molecule has 0 spiro atoms. The third-order valence-electron chi connectivity index (χ3n) is 3.04. The van der Waals surface area contributed by atoms with Crippen molar-refractivity contribution in [3.05, 3.63) is 58.3 Å². The summed E-state index contributed by atoms with van der Waals surface area (Å²) in [5.41, 5.74) is 2.66. The molecule has 0 atom stereocenters. The average Bonchev–Trinajstić information content (AvgIpc) is 2.48. The van der Waals surface area contributed by atoms with Gasteiger partial charge in [-0.2, -0.15) is 0 Å². The number of hydrogen-bond acceptors (Lipinski definition) is 2. The summed E-state index contributed by atoms with van der Waals surface area (Å²) in [7, 11) is 0. The molecule has 104 valence electrons. The monoisotopic (exact) mass is 332 g/mol. The van der Waals surface area contributed by atoms with Gasteiger partial charge < -0.3 is 5.32 Å². The maximum absolute atomic E-state index is 12.1. The molecular formula is C16H17BrN2O. The Hall–Kier alpha value is -1.68. The normalized spacial score (nSPS) is 10.3. The molecule has 1 N–H and O–H groups in total. The first kappa shape index (κ1) is 14.7. The Morgan fingerprint density at radius 2 is 2.00 bits per heavy atom. The summed E-state index contributed by atoms with van der Waals surface area (Å²) in [4.78, 5) is 16.0. The lowest BCUT2D eigenvalue weighted by Gasteiger charge is -2.09. The quantitative estimate of drug-likeness (QED) is 0.879. The van der Waals surface area contributed by atoms with Crippen molar-refractivity contribution in [2.45, 2.75) is 26.2 Å². The Kier molecular flexibility index (Phi) is 5.30. The molecule has 0 saturated heterocycles. The summed E-state index contributed by atoms with van der Waals surface area (Å²) in [6.45, 7) is 2.18. The molecule has 0 aliphatic rings. The minimum Gasteiger partial charge on any atom is -0.321 e. The van der Waals surface area contributed by atoms with Crippen molar-refractivity contribution in [3.63, 3.8) is 0 Å². The van der Waals surface area contributed by atoms with E-state index in [2.05, 4.69) is 45.3 Å². The number of aryl methyl sites for hydroxylation is 1. The van der Waals surface area contributed by atoms with Crippen molar-refractivity contribution < 1.29 is 4.79 Å². The van der Waals surface area contributed by atoms with E-state index >= 15 is 0 Å².